The summed E-state index contributed by atoms with van der Waals surface area (Å²) < 4.78 is 36.7. The molecule has 1 aromatic carbocycles. The van der Waals surface area contributed by atoms with E-state index in [1.54, 1.807) is 24.3 Å². The standard InChI is InChI=1S/C13H12F3NO3/c14-13(15,16)5-11(18)17-6-8-3-1-2-4-9(8)10(7-17)12(19)20/h1-4,10H,5-7H2,(H,19,20). The van der Waals surface area contributed by atoms with Gasteiger partial charge in [-0.15, -0.1) is 0 Å². The van der Waals surface area contributed by atoms with Crippen molar-refractivity contribution in [1.29, 1.82) is 0 Å². The number of alkyl halides is 3. The molecule has 0 aliphatic carbocycles. The molecule has 7 heteroatoms. The summed E-state index contributed by atoms with van der Waals surface area (Å²) in [5, 5.41) is 9.16. The van der Waals surface area contributed by atoms with E-state index in [9.17, 15) is 22.8 Å². The first kappa shape index (κ1) is 14.4. The maximum absolute atomic E-state index is 12.2. The lowest BCUT2D eigenvalue weighted by Gasteiger charge is -2.33. The third-order valence-electron chi connectivity index (χ3n) is 3.20. The Kier molecular flexibility index (Phi) is 3.69. The molecule has 0 spiro atoms. The summed E-state index contributed by atoms with van der Waals surface area (Å²) in [7, 11) is 0. The van der Waals surface area contributed by atoms with Gasteiger partial charge in [-0.05, 0) is 11.1 Å². The minimum absolute atomic E-state index is 0.00880. The van der Waals surface area contributed by atoms with Crippen LogP contribution in [0.5, 0.6) is 0 Å². The van der Waals surface area contributed by atoms with Crippen LogP contribution in [-0.2, 0) is 16.1 Å². The fourth-order valence-electron chi connectivity index (χ4n) is 2.29. The normalized spacial score (nSPS) is 18.6. The Morgan fingerprint density at radius 2 is 1.95 bits per heavy atom. The second kappa shape index (κ2) is 5.15. The lowest BCUT2D eigenvalue weighted by Crippen LogP contribution is -2.42. The highest BCUT2D eigenvalue weighted by molar-refractivity contribution is 5.81. The second-order valence-electron chi connectivity index (χ2n) is 4.66. The van der Waals surface area contributed by atoms with Gasteiger partial charge in [0.15, 0.2) is 0 Å². The number of nitrogens with zero attached hydrogens (tertiary/aromatic N) is 1. The SMILES string of the molecule is O=C(O)C1CN(C(=O)CC(F)(F)F)Cc2ccccc21. The molecule has 1 aliphatic rings. The first-order valence-corrected chi connectivity index (χ1v) is 5.93. The van der Waals surface area contributed by atoms with Gasteiger partial charge in [0.1, 0.15) is 6.42 Å². The Labute approximate surface area is 112 Å². The summed E-state index contributed by atoms with van der Waals surface area (Å²) in [4.78, 5) is 23.8. The maximum atomic E-state index is 12.2. The van der Waals surface area contributed by atoms with Crippen LogP contribution in [0.15, 0.2) is 24.3 Å². The quantitative estimate of drug-likeness (QED) is 0.906. The van der Waals surface area contributed by atoms with Gasteiger partial charge in [0.2, 0.25) is 5.91 Å². The van der Waals surface area contributed by atoms with E-state index in [-0.39, 0.29) is 13.1 Å². The number of aliphatic carboxylic acids is 1. The number of fused-ring (bicyclic) bond motifs is 1. The topological polar surface area (TPSA) is 57.6 Å². The Morgan fingerprint density at radius 3 is 2.55 bits per heavy atom. The van der Waals surface area contributed by atoms with Crippen LogP contribution in [0.4, 0.5) is 13.2 Å². The minimum atomic E-state index is -4.59. The molecule has 20 heavy (non-hydrogen) atoms. The van der Waals surface area contributed by atoms with Gasteiger partial charge in [0.05, 0.1) is 5.92 Å². The summed E-state index contributed by atoms with van der Waals surface area (Å²) in [5.74, 6) is -3.24. The highest BCUT2D eigenvalue weighted by atomic mass is 19.4. The second-order valence-corrected chi connectivity index (χ2v) is 4.66. The summed E-state index contributed by atoms with van der Waals surface area (Å²) in [6.45, 7) is -0.226. The van der Waals surface area contributed by atoms with Gasteiger partial charge in [-0.1, -0.05) is 24.3 Å². The third-order valence-corrected chi connectivity index (χ3v) is 3.20. The van der Waals surface area contributed by atoms with E-state index < -0.39 is 30.4 Å². The molecule has 0 aromatic heterocycles. The summed E-state index contributed by atoms with van der Waals surface area (Å²) in [5.41, 5.74) is 1.12. The number of carbonyl (C=O) groups excluding carboxylic acids is 1. The largest absolute Gasteiger partial charge is 0.481 e. The van der Waals surface area contributed by atoms with Crippen LogP contribution in [-0.4, -0.2) is 34.6 Å². The number of hydrogen-bond acceptors (Lipinski definition) is 2. The van der Waals surface area contributed by atoms with Gasteiger partial charge in [-0.2, -0.15) is 13.2 Å². The molecule has 1 aromatic rings. The Morgan fingerprint density at radius 1 is 1.30 bits per heavy atom. The van der Waals surface area contributed by atoms with Gasteiger partial charge in [0, 0.05) is 13.1 Å². The first-order valence-electron chi connectivity index (χ1n) is 5.93. The summed E-state index contributed by atoms with van der Waals surface area (Å²) >= 11 is 0. The summed E-state index contributed by atoms with van der Waals surface area (Å²) in [6.07, 6.45) is -6.16. The number of carboxylic acid groups (broad SMARTS) is 1. The molecule has 0 fully saturated rings. The number of amides is 1. The average molecular weight is 287 g/mol. The molecule has 1 aliphatic heterocycles. The molecule has 2 rings (SSSR count). The molecule has 1 atom stereocenters. The lowest BCUT2D eigenvalue weighted by molar-refractivity contribution is -0.162. The molecule has 0 radical (unpaired) electrons. The Hall–Kier alpha value is -2.05. The number of hydrogen-bond donors (Lipinski definition) is 1. The van der Waals surface area contributed by atoms with E-state index in [0.29, 0.717) is 11.1 Å². The summed E-state index contributed by atoms with van der Waals surface area (Å²) in [6, 6.07) is 6.58. The van der Waals surface area contributed by atoms with Crippen LogP contribution in [0.1, 0.15) is 23.5 Å². The van der Waals surface area contributed by atoms with Gasteiger partial charge in [-0.3, -0.25) is 9.59 Å². The van der Waals surface area contributed by atoms with E-state index in [1.807, 2.05) is 0 Å². The zero-order valence-electron chi connectivity index (χ0n) is 10.4. The molecule has 108 valence electrons. The van der Waals surface area contributed by atoms with Crippen molar-refractivity contribution < 1.29 is 27.9 Å². The molecular formula is C13H12F3NO3. The van der Waals surface area contributed by atoms with Gasteiger partial charge in [0.25, 0.3) is 0 Å². The number of carboxylic acids is 1. The van der Waals surface area contributed by atoms with Gasteiger partial charge < -0.3 is 10.0 Å². The fourth-order valence-corrected chi connectivity index (χ4v) is 2.29. The first-order chi connectivity index (χ1) is 9.28. The van der Waals surface area contributed by atoms with Crippen molar-refractivity contribution in [3.8, 4) is 0 Å². The predicted octanol–water partition coefficient (Wildman–Crippen LogP) is 2.15. The smallest absolute Gasteiger partial charge is 0.397 e. The average Bonchev–Trinajstić information content (AvgIpc) is 2.35. The van der Waals surface area contributed by atoms with Crippen LogP contribution in [0.3, 0.4) is 0 Å². The Balaban J connectivity index is 2.24. The Bertz CT molecular complexity index is 542. The van der Waals surface area contributed by atoms with Crippen molar-refractivity contribution in [2.75, 3.05) is 6.54 Å². The molecule has 4 nitrogen and oxygen atoms in total. The highest BCUT2D eigenvalue weighted by Gasteiger charge is 2.37. The van der Waals surface area contributed by atoms with Crippen LogP contribution in [0.25, 0.3) is 0 Å². The lowest BCUT2D eigenvalue weighted by atomic mass is 9.89. The zero-order valence-corrected chi connectivity index (χ0v) is 10.4. The van der Waals surface area contributed by atoms with Crippen LogP contribution in [0, 0.1) is 0 Å². The number of benzene rings is 1. The van der Waals surface area contributed by atoms with Gasteiger partial charge >= 0.3 is 12.1 Å². The van der Waals surface area contributed by atoms with E-state index >= 15 is 0 Å². The van der Waals surface area contributed by atoms with Crippen molar-refractivity contribution in [2.24, 2.45) is 0 Å². The molecule has 1 N–H and O–H groups in total. The van der Waals surface area contributed by atoms with E-state index in [1.165, 1.54) is 0 Å². The van der Waals surface area contributed by atoms with Crippen LogP contribution < -0.4 is 0 Å². The molecule has 1 heterocycles. The maximum Gasteiger partial charge on any atom is 0.397 e. The molecule has 0 saturated carbocycles. The number of carbonyl (C=O) groups is 2. The molecule has 1 amide bonds. The molecule has 0 bridgehead atoms. The molecular weight excluding hydrogens is 275 g/mol. The monoisotopic (exact) mass is 287 g/mol. The highest BCUT2D eigenvalue weighted by Crippen LogP contribution is 2.30. The predicted molar refractivity (Wildman–Crippen MR) is 62.9 cm³/mol. The van der Waals surface area contributed by atoms with Crippen LogP contribution in [0.2, 0.25) is 0 Å². The van der Waals surface area contributed by atoms with Gasteiger partial charge in [-0.25, -0.2) is 0 Å². The molecule has 1 unspecified atom stereocenters. The fraction of sp³-hybridized carbons (Fsp3) is 0.385. The van der Waals surface area contributed by atoms with Crippen molar-refractivity contribution in [3.63, 3.8) is 0 Å². The van der Waals surface area contributed by atoms with Crippen molar-refractivity contribution in [3.05, 3.63) is 35.4 Å². The number of halogens is 3. The third kappa shape index (κ3) is 3.09. The van der Waals surface area contributed by atoms with E-state index in [2.05, 4.69) is 0 Å². The zero-order chi connectivity index (χ0) is 14.9. The van der Waals surface area contributed by atoms with Crippen molar-refractivity contribution in [2.45, 2.75) is 25.1 Å². The van der Waals surface area contributed by atoms with Crippen LogP contribution >= 0.6 is 0 Å². The van der Waals surface area contributed by atoms with Crippen molar-refractivity contribution in [1.82, 2.24) is 4.90 Å². The number of rotatable bonds is 2. The molecule has 0 saturated heterocycles. The van der Waals surface area contributed by atoms with E-state index in [0.717, 1.165) is 4.90 Å². The van der Waals surface area contributed by atoms with Crippen molar-refractivity contribution >= 4 is 11.9 Å². The van der Waals surface area contributed by atoms with E-state index in [4.69, 9.17) is 5.11 Å². The minimum Gasteiger partial charge on any atom is -0.481 e.